The van der Waals surface area contributed by atoms with E-state index < -0.39 is 0 Å². The Labute approximate surface area is 128 Å². The predicted octanol–water partition coefficient (Wildman–Crippen LogP) is 2.29. The third-order valence-corrected chi connectivity index (χ3v) is 4.21. The molecule has 0 spiro atoms. The van der Waals surface area contributed by atoms with Gasteiger partial charge in [0.25, 0.3) is 0 Å². The Balaban J connectivity index is 1.40. The van der Waals surface area contributed by atoms with E-state index in [9.17, 15) is 0 Å². The Morgan fingerprint density at radius 2 is 2.14 bits per heavy atom. The number of H-pyrrole nitrogens is 1. The number of nitrogens with zero attached hydrogens (tertiary/aromatic N) is 4. The van der Waals surface area contributed by atoms with Crippen LogP contribution in [0, 0.1) is 5.92 Å². The normalized spacial score (nSPS) is 18.0. The first-order valence-electron chi connectivity index (χ1n) is 7.58. The van der Waals surface area contributed by atoms with Gasteiger partial charge in [0.2, 0.25) is 0 Å². The average molecular weight is 294 g/mol. The van der Waals surface area contributed by atoms with E-state index >= 15 is 0 Å². The zero-order valence-electron chi connectivity index (χ0n) is 12.2. The highest BCUT2D eigenvalue weighted by atomic mass is 15.2. The van der Waals surface area contributed by atoms with E-state index in [-0.39, 0.29) is 0 Å². The van der Waals surface area contributed by atoms with E-state index in [4.69, 9.17) is 0 Å². The number of nitrogens with one attached hydrogen (secondary N) is 2. The minimum atomic E-state index is 0.622. The van der Waals surface area contributed by atoms with Crippen LogP contribution >= 0.6 is 0 Å². The second-order valence-electron chi connectivity index (χ2n) is 5.67. The van der Waals surface area contributed by atoms with Crippen molar-refractivity contribution in [3.8, 4) is 0 Å². The Morgan fingerprint density at radius 1 is 1.23 bits per heavy atom. The summed E-state index contributed by atoms with van der Waals surface area (Å²) in [5.41, 5.74) is 2.08. The average Bonchev–Trinajstić information content (AvgIpc) is 3.23. The largest absolute Gasteiger partial charge is 0.371 e. The van der Waals surface area contributed by atoms with Crippen molar-refractivity contribution in [2.45, 2.75) is 6.42 Å². The first-order valence-corrected chi connectivity index (χ1v) is 7.58. The summed E-state index contributed by atoms with van der Waals surface area (Å²) < 4.78 is 0. The Kier molecular flexibility index (Phi) is 3.34. The topological polar surface area (TPSA) is 69.7 Å². The summed E-state index contributed by atoms with van der Waals surface area (Å²) in [7, 11) is 0. The molecule has 4 rings (SSSR count). The van der Waals surface area contributed by atoms with Crippen molar-refractivity contribution in [3.05, 3.63) is 42.9 Å². The third kappa shape index (κ3) is 2.47. The predicted molar refractivity (Wildman–Crippen MR) is 86.9 cm³/mol. The van der Waals surface area contributed by atoms with Crippen LogP contribution in [0.4, 0.5) is 11.5 Å². The molecular formula is C16H18N6. The molecule has 3 heterocycles. The highest BCUT2D eigenvalue weighted by Crippen LogP contribution is 2.24. The number of rotatable bonds is 4. The van der Waals surface area contributed by atoms with Crippen LogP contribution in [0.2, 0.25) is 0 Å². The maximum Gasteiger partial charge on any atom is 0.160 e. The fourth-order valence-electron chi connectivity index (χ4n) is 3.02. The van der Waals surface area contributed by atoms with Crippen LogP contribution in [-0.4, -0.2) is 39.8 Å². The molecule has 1 aliphatic rings. The number of para-hydroxylation sites is 1. The van der Waals surface area contributed by atoms with Gasteiger partial charge in [0, 0.05) is 25.3 Å². The van der Waals surface area contributed by atoms with E-state index in [1.807, 2.05) is 0 Å². The number of anilines is 2. The molecule has 0 amide bonds. The molecule has 3 aromatic rings. The van der Waals surface area contributed by atoms with Gasteiger partial charge in [-0.25, -0.2) is 9.97 Å². The number of aromatic amines is 1. The Bertz CT molecular complexity index is 753. The minimum Gasteiger partial charge on any atom is -0.371 e. The third-order valence-electron chi connectivity index (χ3n) is 4.21. The SMILES string of the molecule is c1ccc(N2CC[C@@H](CNc3ncnc4[nH]ncc34)C2)cc1. The van der Waals surface area contributed by atoms with Gasteiger partial charge >= 0.3 is 0 Å². The van der Waals surface area contributed by atoms with Gasteiger partial charge in [0.15, 0.2) is 5.65 Å². The number of hydrogen-bond acceptors (Lipinski definition) is 5. The van der Waals surface area contributed by atoms with E-state index in [2.05, 4.69) is 60.7 Å². The van der Waals surface area contributed by atoms with E-state index in [1.54, 1.807) is 12.5 Å². The van der Waals surface area contributed by atoms with Gasteiger partial charge in [-0.05, 0) is 24.5 Å². The summed E-state index contributed by atoms with van der Waals surface area (Å²) in [4.78, 5) is 10.9. The molecular weight excluding hydrogens is 276 g/mol. The highest BCUT2D eigenvalue weighted by molar-refractivity contribution is 5.85. The number of hydrogen-bond donors (Lipinski definition) is 2. The van der Waals surface area contributed by atoms with Crippen molar-refractivity contribution in [1.82, 2.24) is 20.2 Å². The Morgan fingerprint density at radius 3 is 3.05 bits per heavy atom. The van der Waals surface area contributed by atoms with Crippen LogP contribution in [0.3, 0.4) is 0 Å². The fourth-order valence-corrected chi connectivity index (χ4v) is 3.02. The molecule has 1 aromatic carbocycles. The van der Waals surface area contributed by atoms with Crippen molar-refractivity contribution in [2.75, 3.05) is 29.9 Å². The molecule has 2 N–H and O–H groups in total. The van der Waals surface area contributed by atoms with Gasteiger partial charge in [-0.2, -0.15) is 5.10 Å². The molecule has 112 valence electrons. The Hall–Kier alpha value is -2.63. The molecule has 0 bridgehead atoms. The van der Waals surface area contributed by atoms with Gasteiger partial charge in [-0.15, -0.1) is 0 Å². The molecule has 6 nitrogen and oxygen atoms in total. The molecule has 6 heteroatoms. The van der Waals surface area contributed by atoms with Crippen molar-refractivity contribution < 1.29 is 0 Å². The zero-order chi connectivity index (χ0) is 14.8. The summed E-state index contributed by atoms with van der Waals surface area (Å²) in [6.07, 6.45) is 4.53. The molecule has 1 fully saturated rings. The van der Waals surface area contributed by atoms with Crippen LogP contribution in [0.25, 0.3) is 11.0 Å². The number of aromatic nitrogens is 4. The molecule has 1 saturated heterocycles. The van der Waals surface area contributed by atoms with Crippen LogP contribution < -0.4 is 10.2 Å². The van der Waals surface area contributed by atoms with Gasteiger partial charge in [0.1, 0.15) is 12.1 Å². The summed E-state index contributed by atoms with van der Waals surface area (Å²) in [5.74, 6) is 1.48. The van der Waals surface area contributed by atoms with Crippen LogP contribution in [0.5, 0.6) is 0 Å². The molecule has 22 heavy (non-hydrogen) atoms. The first-order chi connectivity index (χ1) is 10.9. The molecule has 0 saturated carbocycles. The first kappa shape index (κ1) is 13.1. The van der Waals surface area contributed by atoms with Crippen molar-refractivity contribution in [2.24, 2.45) is 5.92 Å². The van der Waals surface area contributed by atoms with E-state index in [0.29, 0.717) is 5.92 Å². The monoisotopic (exact) mass is 294 g/mol. The fraction of sp³-hybridized carbons (Fsp3) is 0.312. The van der Waals surface area contributed by atoms with Crippen molar-refractivity contribution in [1.29, 1.82) is 0 Å². The maximum atomic E-state index is 4.32. The lowest BCUT2D eigenvalue weighted by molar-refractivity contribution is 0.621. The summed E-state index contributed by atoms with van der Waals surface area (Å²) in [6, 6.07) is 10.6. The van der Waals surface area contributed by atoms with E-state index in [1.165, 1.54) is 12.1 Å². The minimum absolute atomic E-state index is 0.622. The maximum absolute atomic E-state index is 4.32. The van der Waals surface area contributed by atoms with Gasteiger partial charge in [-0.1, -0.05) is 18.2 Å². The number of fused-ring (bicyclic) bond motifs is 1. The smallest absolute Gasteiger partial charge is 0.160 e. The summed E-state index contributed by atoms with van der Waals surface area (Å²) in [6.45, 7) is 3.11. The number of benzene rings is 1. The van der Waals surface area contributed by atoms with Gasteiger partial charge < -0.3 is 10.2 Å². The van der Waals surface area contributed by atoms with Crippen molar-refractivity contribution >= 4 is 22.5 Å². The van der Waals surface area contributed by atoms with Crippen LogP contribution in [-0.2, 0) is 0 Å². The standard InChI is InChI=1S/C16H18N6/c1-2-4-13(5-3-1)22-7-6-12(10-22)8-17-15-14-9-20-21-16(14)19-11-18-15/h1-5,9,11-12H,6-8,10H2,(H2,17,18,19,20,21)/t12-/m0/s1. The molecule has 0 aliphatic carbocycles. The highest BCUT2D eigenvalue weighted by Gasteiger charge is 2.22. The van der Waals surface area contributed by atoms with Crippen LogP contribution in [0.15, 0.2) is 42.9 Å². The lowest BCUT2D eigenvalue weighted by Gasteiger charge is -2.18. The van der Waals surface area contributed by atoms with E-state index in [0.717, 1.165) is 36.5 Å². The second kappa shape index (κ2) is 5.63. The van der Waals surface area contributed by atoms with Crippen LogP contribution in [0.1, 0.15) is 6.42 Å². The lowest BCUT2D eigenvalue weighted by atomic mass is 10.1. The van der Waals surface area contributed by atoms with Crippen molar-refractivity contribution in [3.63, 3.8) is 0 Å². The quantitative estimate of drug-likeness (QED) is 0.772. The lowest BCUT2D eigenvalue weighted by Crippen LogP contribution is -2.22. The molecule has 1 aliphatic heterocycles. The van der Waals surface area contributed by atoms with Gasteiger partial charge in [0.05, 0.1) is 11.6 Å². The zero-order valence-corrected chi connectivity index (χ0v) is 12.2. The summed E-state index contributed by atoms with van der Waals surface area (Å²) >= 11 is 0. The molecule has 1 atom stereocenters. The molecule has 0 unspecified atom stereocenters. The summed E-state index contributed by atoms with van der Waals surface area (Å²) in [5, 5.41) is 11.3. The van der Waals surface area contributed by atoms with Gasteiger partial charge in [-0.3, -0.25) is 5.10 Å². The molecule has 0 radical (unpaired) electrons. The second-order valence-corrected chi connectivity index (χ2v) is 5.67. The molecule has 2 aromatic heterocycles.